The van der Waals surface area contributed by atoms with E-state index in [2.05, 4.69) is 22.9 Å². The van der Waals surface area contributed by atoms with Gasteiger partial charge in [-0.15, -0.1) is 11.3 Å². The van der Waals surface area contributed by atoms with Crippen molar-refractivity contribution in [3.8, 4) is 0 Å². The molecule has 1 aromatic heterocycles. The van der Waals surface area contributed by atoms with Crippen molar-refractivity contribution in [3.05, 3.63) is 70.4 Å². The Labute approximate surface area is 127 Å². The Hall–Kier alpha value is -1.75. The zero-order valence-electron chi connectivity index (χ0n) is 11.8. The summed E-state index contributed by atoms with van der Waals surface area (Å²) < 4.78 is 15.0. The maximum atomic E-state index is 13.7. The van der Waals surface area contributed by atoms with E-state index in [0.717, 1.165) is 12.0 Å². The molecule has 0 fully saturated rings. The van der Waals surface area contributed by atoms with Crippen LogP contribution in [0.3, 0.4) is 0 Å². The number of thiophene rings is 1. The first-order chi connectivity index (χ1) is 10.2. The number of hydrogen-bond acceptors (Lipinski definition) is 3. The SMILES string of the molecule is Cc1ccc(C(Cc2csc3ccccc23)NN)cc1F. The molecule has 0 bridgehead atoms. The summed E-state index contributed by atoms with van der Waals surface area (Å²) in [6.45, 7) is 1.76. The maximum Gasteiger partial charge on any atom is 0.126 e. The Bertz CT molecular complexity index is 766. The molecule has 0 aliphatic rings. The quantitative estimate of drug-likeness (QED) is 0.562. The molecule has 0 spiro atoms. The molecular weight excluding hydrogens is 283 g/mol. The fourth-order valence-electron chi connectivity index (χ4n) is 2.51. The van der Waals surface area contributed by atoms with Crippen LogP contribution in [-0.2, 0) is 6.42 Å². The highest BCUT2D eigenvalue weighted by Crippen LogP contribution is 2.29. The second-order valence-corrected chi connectivity index (χ2v) is 6.10. The van der Waals surface area contributed by atoms with Crippen LogP contribution in [0, 0.1) is 12.7 Å². The topological polar surface area (TPSA) is 38.0 Å². The lowest BCUT2D eigenvalue weighted by atomic mass is 9.98. The molecule has 0 aliphatic heterocycles. The van der Waals surface area contributed by atoms with Crippen molar-refractivity contribution in [1.82, 2.24) is 5.43 Å². The summed E-state index contributed by atoms with van der Waals surface area (Å²) in [6.07, 6.45) is 0.739. The van der Waals surface area contributed by atoms with E-state index in [0.29, 0.717) is 5.56 Å². The normalized spacial score (nSPS) is 12.7. The van der Waals surface area contributed by atoms with Crippen LogP contribution in [0.15, 0.2) is 47.8 Å². The van der Waals surface area contributed by atoms with Gasteiger partial charge in [0, 0.05) is 4.70 Å². The summed E-state index contributed by atoms with van der Waals surface area (Å²) in [6, 6.07) is 13.5. The van der Waals surface area contributed by atoms with E-state index in [9.17, 15) is 4.39 Å². The van der Waals surface area contributed by atoms with Gasteiger partial charge in [0.05, 0.1) is 6.04 Å². The Morgan fingerprint density at radius 3 is 2.81 bits per heavy atom. The van der Waals surface area contributed by atoms with Gasteiger partial charge in [0.25, 0.3) is 0 Å². The average molecular weight is 300 g/mol. The molecule has 0 amide bonds. The van der Waals surface area contributed by atoms with Crippen LogP contribution in [0.2, 0.25) is 0 Å². The summed E-state index contributed by atoms with van der Waals surface area (Å²) in [5, 5.41) is 3.40. The number of nitrogens with one attached hydrogen (secondary N) is 1. The molecule has 0 radical (unpaired) electrons. The fraction of sp³-hybridized carbons (Fsp3) is 0.176. The molecule has 3 aromatic rings. The summed E-state index contributed by atoms with van der Waals surface area (Å²) in [5.41, 5.74) is 5.56. The number of hydrazine groups is 1. The van der Waals surface area contributed by atoms with Gasteiger partial charge in [-0.1, -0.05) is 30.3 Å². The zero-order chi connectivity index (χ0) is 14.8. The molecule has 108 valence electrons. The molecule has 1 unspecified atom stereocenters. The van der Waals surface area contributed by atoms with E-state index in [-0.39, 0.29) is 11.9 Å². The molecule has 3 N–H and O–H groups in total. The predicted octanol–water partition coefficient (Wildman–Crippen LogP) is 4.10. The minimum absolute atomic E-state index is 0.0990. The van der Waals surface area contributed by atoms with Crippen LogP contribution in [0.25, 0.3) is 10.1 Å². The van der Waals surface area contributed by atoms with Crippen LogP contribution in [0.5, 0.6) is 0 Å². The van der Waals surface area contributed by atoms with E-state index in [1.807, 2.05) is 18.2 Å². The van der Waals surface area contributed by atoms with Gasteiger partial charge in [-0.05, 0) is 52.9 Å². The first-order valence-corrected chi connectivity index (χ1v) is 7.74. The van der Waals surface area contributed by atoms with Gasteiger partial charge in [0.1, 0.15) is 5.82 Å². The van der Waals surface area contributed by atoms with Gasteiger partial charge in [-0.2, -0.15) is 0 Å². The minimum Gasteiger partial charge on any atom is -0.271 e. The van der Waals surface area contributed by atoms with E-state index >= 15 is 0 Å². The van der Waals surface area contributed by atoms with Crippen LogP contribution in [0.1, 0.15) is 22.7 Å². The number of fused-ring (bicyclic) bond motifs is 1. The lowest BCUT2D eigenvalue weighted by Crippen LogP contribution is -2.29. The third kappa shape index (κ3) is 2.83. The van der Waals surface area contributed by atoms with Crippen LogP contribution in [-0.4, -0.2) is 0 Å². The summed E-state index contributed by atoms with van der Waals surface area (Å²) in [4.78, 5) is 0. The van der Waals surface area contributed by atoms with Gasteiger partial charge in [-0.3, -0.25) is 11.3 Å². The predicted molar refractivity (Wildman–Crippen MR) is 86.7 cm³/mol. The summed E-state index contributed by atoms with van der Waals surface area (Å²) in [5.74, 6) is 5.49. The second-order valence-electron chi connectivity index (χ2n) is 5.19. The molecule has 0 aliphatic carbocycles. The van der Waals surface area contributed by atoms with Gasteiger partial charge in [-0.25, -0.2) is 4.39 Å². The highest BCUT2D eigenvalue weighted by molar-refractivity contribution is 7.17. The second kappa shape index (κ2) is 5.93. The van der Waals surface area contributed by atoms with Gasteiger partial charge < -0.3 is 0 Å². The molecule has 0 saturated heterocycles. The Balaban J connectivity index is 1.92. The van der Waals surface area contributed by atoms with Crippen molar-refractivity contribution in [3.63, 3.8) is 0 Å². The van der Waals surface area contributed by atoms with Crippen molar-refractivity contribution >= 4 is 21.4 Å². The van der Waals surface area contributed by atoms with Crippen molar-refractivity contribution in [2.75, 3.05) is 0 Å². The zero-order valence-corrected chi connectivity index (χ0v) is 12.6. The van der Waals surface area contributed by atoms with Gasteiger partial charge in [0.2, 0.25) is 0 Å². The van der Waals surface area contributed by atoms with Crippen molar-refractivity contribution < 1.29 is 4.39 Å². The maximum absolute atomic E-state index is 13.7. The number of nitrogens with two attached hydrogens (primary N) is 1. The molecular formula is C17H17FN2S. The molecule has 1 heterocycles. The van der Waals surface area contributed by atoms with E-state index in [1.165, 1.54) is 15.6 Å². The first kappa shape index (κ1) is 14.2. The lowest BCUT2D eigenvalue weighted by Gasteiger charge is -2.16. The Morgan fingerprint density at radius 2 is 2.05 bits per heavy atom. The lowest BCUT2D eigenvalue weighted by molar-refractivity contribution is 0.545. The highest BCUT2D eigenvalue weighted by atomic mass is 32.1. The molecule has 2 nitrogen and oxygen atoms in total. The smallest absolute Gasteiger partial charge is 0.126 e. The van der Waals surface area contributed by atoms with Gasteiger partial charge >= 0.3 is 0 Å². The highest BCUT2D eigenvalue weighted by Gasteiger charge is 2.14. The van der Waals surface area contributed by atoms with Gasteiger partial charge in [0.15, 0.2) is 0 Å². The van der Waals surface area contributed by atoms with E-state index < -0.39 is 0 Å². The third-order valence-electron chi connectivity index (χ3n) is 3.78. The summed E-state index contributed by atoms with van der Waals surface area (Å²) >= 11 is 1.72. The molecule has 3 rings (SSSR count). The minimum atomic E-state index is -0.192. The van der Waals surface area contributed by atoms with E-state index in [4.69, 9.17) is 5.84 Å². The fourth-order valence-corrected chi connectivity index (χ4v) is 3.49. The number of aryl methyl sites for hydroxylation is 1. The standard InChI is InChI=1S/C17H17FN2S/c1-11-6-7-12(8-15(11)18)16(20-19)9-13-10-21-17-5-3-2-4-14(13)17/h2-8,10,16,20H,9,19H2,1H3. The molecule has 2 aromatic carbocycles. The van der Waals surface area contributed by atoms with Crippen LogP contribution >= 0.6 is 11.3 Å². The number of rotatable bonds is 4. The molecule has 1 atom stereocenters. The Morgan fingerprint density at radius 1 is 1.24 bits per heavy atom. The van der Waals surface area contributed by atoms with Crippen LogP contribution < -0.4 is 11.3 Å². The number of halogens is 1. The van der Waals surface area contributed by atoms with Crippen molar-refractivity contribution in [2.24, 2.45) is 5.84 Å². The largest absolute Gasteiger partial charge is 0.271 e. The third-order valence-corrected chi connectivity index (χ3v) is 4.80. The molecule has 4 heteroatoms. The average Bonchev–Trinajstić information content (AvgIpc) is 2.91. The van der Waals surface area contributed by atoms with Crippen molar-refractivity contribution in [2.45, 2.75) is 19.4 Å². The first-order valence-electron chi connectivity index (χ1n) is 6.86. The monoisotopic (exact) mass is 300 g/mol. The Kier molecular flexibility index (Phi) is 4.01. The summed E-state index contributed by atoms with van der Waals surface area (Å²) in [7, 11) is 0. The van der Waals surface area contributed by atoms with Crippen LogP contribution in [0.4, 0.5) is 4.39 Å². The van der Waals surface area contributed by atoms with Crippen molar-refractivity contribution in [1.29, 1.82) is 0 Å². The van der Waals surface area contributed by atoms with E-state index in [1.54, 1.807) is 30.4 Å². The molecule has 21 heavy (non-hydrogen) atoms. The number of hydrogen-bond donors (Lipinski definition) is 2. The number of benzene rings is 2. The molecule has 0 saturated carbocycles.